The molecule has 3 heterocycles. The molecule has 1 fully saturated rings. The van der Waals surface area contributed by atoms with Gasteiger partial charge in [-0.15, -0.1) is 0 Å². The minimum atomic E-state index is -0.598. The van der Waals surface area contributed by atoms with Crippen LogP contribution in [-0.2, 0) is 0 Å². The molecule has 0 radical (unpaired) electrons. The number of anilines is 1. The number of fused-ring (bicyclic) bond motifs is 1. The largest absolute Gasteiger partial charge is 0.494 e. The van der Waals surface area contributed by atoms with Gasteiger partial charge in [0.15, 0.2) is 5.82 Å². The quantitative estimate of drug-likeness (QED) is 0.472. The topological polar surface area (TPSA) is 79.3 Å². The maximum atomic E-state index is 14.7. The van der Waals surface area contributed by atoms with Gasteiger partial charge in [0, 0.05) is 35.9 Å². The summed E-state index contributed by atoms with van der Waals surface area (Å²) in [6.07, 6.45) is 2.21. The second-order valence-electron chi connectivity index (χ2n) is 9.44. The van der Waals surface area contributed by atoms with Gasteiger partial charge in [-0.2, -0.15) is 14.9 Å². The van der Waals surface area contributed by atoms with Crippen LogP contribution >= 0.6 is 0 Å². The van der Waals surface area contributed by atoms with Crippen molar-refractivity contribution in [2.24, 2.45) is 0 Å². The molecule has 8 nitrogen and oxygen atoms in total. The van der Waals surface area contributed by atoms with E-state index in [1.807, 2.05) is 12.1 Å². The van der Waals surface area contributed by atoms with Crippen molar-refractivity contribution in [1.29, 1.82) is 0 Å². The van der Waals surface area contributed by atoms with Crippen LogP contribution in [0.4, 0.5) is 10.1 Å². The van der Waals surface area contributed by atoms with E-state index in [4.69, 9.17) is 4.74 Å². The Bertz CT molecular complexity index is 1420. The van der Waals surface area contributed by atoms with Crippen molar-refractivity contribution in [3.05, 3.63) is 64.7 Å². The number of ether oxygens (including phenoxy) is 1. The second kappa shape index (κ2) is 8.81. The first-order valence-corrected chi connectivity index (χ1v) is 11.6. The monoisotopic (exact) mass is 476 g/mol. The van der Waals surface area contributed by atoms with Crippen molar-refractivity contribution in [2.45, 2.75) is 25.3 Å². The van der Waals surface area contributed by atoms with Crippen LogP contribution in [-0.4, -0.2) is 64.7 Å². The first-order valence-electron chi connectivity index (χ1n) is 11.6. The van der Waals surface area contributed by atoms with E-state index in [1.165, 1.54) is 25.3 Å². The summed E-state index contributed by atoms with van der Waals surface area (Å²) in [6.45, 7) is 4.31. The number of methoxy groups -OCH3 is 1. The van der Waals surface area contributed by atoms with E-state index in [0.29, 0.717) is 16.7 Å². The van der Waals surface area contributed by atoms with Crippen molar-refractivity contribution in [1.82, 2.24) is 24.9 Å². The van der Waals surface area contributed by atoms with Gasteiger partial charge in [0.2, 0.25) is 0 Å². The number of aromatic amines is 1. The third-order valence-electron chi connectivity index (χ3n) is 7.25. The van der Waals surface area contributed by atoms with Gasteiger partial charge < -0.3 is 14.5 Å². The zero-order valence-corrected chi connectivity index (χ0v) is 20.4. The van der Waals surface area contributed by atoms with Crippen LogP contribution in [0.3, 0.4) is 0 Å². The van der Waals surface area contributed by atoms with Crippen molar-refractivity contribution in [3.63, 3.8) is 0 Å². The lowest BCUT2D eigenvalue weighted by Gasteiger charge is -2.44. The zero-order valence-electron chi connectivity index (χ0n) is 20.4. The molecule has 9 heteroatoms. The average Bonchev–Trinajstić information content (AvgIpc) is 3.26. The Kier molecular flexibility index (Phi) is 5.80. The molecular weight excluding hydrogens is 447 g/mol. The molecule has 0 aliphatic carbocycles. The fourth-order valence-electron chi connectivity index (χ4n) is 4.64. The Morgan fingerprint density at radius 1 is 1.11 bits per heavy atom. The summed E-state index contributed by atoms with van der Waals surface area (Å²) in [5, 5.41) is 11.8. The zero-order chi connectivity index (χ0) is 24.7. The number of nitrogens with one attached hydrogen (secondary N) is 1. The molecule has 0 saturated carbocycles. The molecule has 0 spiro atoms. The van der Waals surface area contributed by atoms with Gasteiger partial charge in [-0.05, 0) is 58.1 Å². The van der Waals surface area contributed by atoms with Crippen molar-refractivity contribution in [2.75, 3.05) is 39.2 Å². The number of H-pyrrole nitrogens is 1. The highest BCUT2D eigenvalue weighted by Crippen LogP contribution is 2.32. The summed E-state index contributed by atoms with van der Waals surface area (Å²) < 4.78 is 21.0. The summed E-state index contributed by atoms with van der Waals surface area (Å²) in [6, 6.07) is 13.9. The minimum absolute atomic E-state index is 0.0285. The SMILES string of the molecule is COc1cccc(F)c1-n1nc2c(-c3ccc(N4CCC(C)(N(C)C)CC4)cc3)n[nH]c2cc1=O. The number of nitrogens with zero attached hydrogens (tertiary/aromatic N) is 5. The Balaban J connectivity index is 1.48. The molecule has 35 heavy (non-hydrogen) atoms. The van der Waals surface area contributed by atoms with E-state index in [-0.39, 0.29) is 17.0 Å². The third kappa shape index (κ3) is 4.05. The molecule has 1 saturated heterocycles. The van der Waals surface area contributed by atoms with E-state index in [1.54, 1.807) is 6.07 Å². The second-order valence-corrected chi connectivity index (χ2v) is 9.44. The third-order valence-corrected chi connectivity index (χ3v) is 7.25. The van der Waals surface area contributed by atoms with Gasteiger partial charge in [0.05, 0.1) is 12.6 Å². The summed E-state index contributed by atoms with van der Waals surface area (Å²) in [4.78, 5) is 17.4. The van der Waals surface area contributed by atoms with Gasteiger partial charge in [-0.3, -0.25) is 9.89 Å². The molecule has 2 aromatic carbocycles. The smallest absolute Gasteiger partial charge is 0.273 e. The normalized spacial score (nSPS) is 15.7. The number of halogens is 1. The van der Waals surface area contributed by atoms with Gasteiger partial charge in [-0.25, -0.2) is 4.39 Å². The number of benzene rings is 2. The predicted molar refractivity (Wildman–Crippen MR) is 135 cm³/mol. The molecule has 0 bridgehead atoms. The fourth-order valence-corrected chi connectivity index (χ4v) is 4.64. The first-order chi connectivity index (χ1) is 16.8. The van der Waals surface area contributed by atoms with Crippen LogP contribution in [0, 0.1) is 5.82 Å². The number of hydrogen-bond acceptors (Lipinski definition) is 6. The molecule has 1 N–H and O–H groups in total. The van der Waals surface area contributed by atoms with E-state index < -0.39 is 11.4 Å². The molecule has 2 aromatic heterocycles. The van der Waals surface area contributed by atoms with E-state index in [9.17, 15) is 9.18 Å². The van der Waals surface area contributed by atoms with Gasteiger partial charge >= 0.3 is 0 Å². The molecule has 0 atom stereocenters. The van der Waals surface area contributed by atoms with E-state index >= 15 is 0 Å². The number of rotatable bonds is 5. The lowest BCUT2D eigenvalue weighted by molar-refractivity contribution is 0.137. The maximum absolute atomic E-state index is 14.7. The van der Waals surface area contributed by atoms with Crippen LogP contribution in [0.15, 0.2) is 53.3 Å². The van der Waals surface area contributed by atoms with E-state index in [2.05, 4.69) is 58.2 Å². The Morgan fingerprint density at radius 2 is 1.83 bits per heavy atom. The molecule has 1 aliphatic rings. The lowest BCUT2D eigenvalue weighted by atomic mass is 9.88. The average molecular weight is 477 g/mol. The van der Waals surface area contributed by atoms with Gasteiger partial charge in [-0.1, -0.05) is 18.2 Å². The summed E-state index contributed by atoms with van der Waals surface area (Å²) in [7, 11) is 5.72. The molecule has 0 unspecified atom stereocenters. The highest BCUT2D eigenvalue weighted by molar-refractivity contribution is 5.89. The Morgan fingerprint density at radius 3 is 2.49 bits per heavy atom. The van der Waals surface area contributed by atoms with E-state index in [0.717, 1.165) is 41.9 Å². The summed E-state index contributed by atoms with van der Waals surface area (Å²) >= 11 is 0. The highest BCUT2D eigenvalue weighted by Gasteiger charge is 2.32. The maximum Gasteiger partial charge on any atom is 0.273 e. The molecular formula is C26H29FN6O2. The first kappa shape index (κ1) is 23.0. The molecule has 182 valence electrons. The van der Waals surface area contributed by atoms with Crippen LogP contribution in [0.25, 0.3) is 28.0 Å². The number of hydrogen-bond donors (Lipinski definition) is 1. The van der Waals surface area contributed by atoms with Crippen molar-refractivity contribution < 1.29 is 9.13 Å². The number of para-hydroxylation sites is 1. The Labute approximate surface area is 202 Å². The highest BCUT2D eigenvalue weighted by atomic mass is 19.1. The molecule has 0 amide bonds. The summed E-state index contributed by atoms with van der Waals surface area (Å²) in [5.41, 5.74) is 3.29. The lowest BCUT2D eigenvalue weighted by Crippen LogP contribution is -2.50. The van der Waals surface area contributed by atoms with Crippen LogP contribution in [0.2, 0.25) is 0 Å². The van der Waals surface area contributed by atoms with Crippen LogP contribution in [0.1, 0.15) is 19.8 Å². The predicted octanol–water partition coefficient (Wildman–Crippen LogP) is 3.84. The fraction of sp³-hybridized carbons (Fsp3) is 0.346. The van der Waals surface area contributed by atoms with Gasteiger partial charge in [0.1, 0.15) is 22.6 Å². The summed E-state index contributed by atoms with van der Waals surface area (Å²) in [5.74, 6) is -0.375. The molecule has 4 aromatic rings. The Hall–Kier alpha value is -3.72. The van der Waals surface area contributed by atoms with Gasteiger partial charge in [0.25, 0.3) is 5.56 Å². The molecule has 1 aliphatic heterocycles. The van der Waals surface area contributed by atoms with Crippen molar-refractivity contribution >= 4 is 16.7 Å². The van der Waals surface area contributed by atoms with Crippen LogP contribution < -0.4 is 15.2 Å². The number of piperidine rings is 1. The minimum Gasteiger partial charge on any atom is -0.494 e. The molecule has 5 rings (SSSR count). The van der Waals surface area contributed by atoms with Crippen molar-refractivity contribution in [3.8, 4) is 22.7 Å². The number of aromatic nitrogens is 4. The van der Waals surface area contributed by atoms with Crippen LogP contribution in [0.5, 0.6) is 5.75 Å². The standard InChI is InChI=1S/C26H29FN6O2/c1-26(31(2)3)12-14-32(15-13-26)18-10-8-17(9-11-18)23-24-20(28-29-23)16-22(34)33(30-24)25-19(27)6-5-7-21(25)35-4/h5-11,16,28H,12-15H2,1-4H3.